The van der Waals surface area contributed by atoms with Gasteiger partial charge in [0.2, 0.25) is 0 Å². The molecule has 0 amide bonds. The number of rotatable bonds is 15. The summed E-state index contributed by atoms with van der Waals surface area (Å²) in [4.78, 5) is 2.08. The van der Waals surface area contributed by atoms with Crippen molar-refractivity contribution in [3.63, 3.8) is 0 Å². The molecule has 0 saturated carbocycles. The van der Waals surface area contributed by atoms with Gasteiger partial charge < -0.3 is 28.8 Å². The van der Waals surface area contributed by atoms with Crippen molar-refractivity contribution in [2.24, 2.45) is 0 Å². The van der Waals surface area contributed by atoms with Crippen molar-refractivity contribution in [1.82, 2.24) is 4.90 Å². The number of ether oxygens (including phenoxy) is 5. The molecule has 0 radical (unpaired) electrons. The normalized spacial score (nSPS) is 13.8. The average Bonchev–Trinajstić information content (AvgIpc) is 2.67. The maximum absolute atomic E-state index is 10.2. The highest BCUT2D eigenvalue weighted by molar-refractivity contribution is 5.43. The van der Waals surface area contributed by atoms with Crippen LogP contribution in [0.3, 0.4) is 0 Å². The lowest BCUT2D eigenvalue weighted by atomic mass is 10.1. The van der Waals surface area contributed by atoms with Crippen molar-refractivity contribution in [1.29, 1.82) is 0 Å². The average molecular weight is 400 g/mol. The number of nitrogens with zero attached hydrogens (tertiary/aromatic N) is 1. The quantitative estimate of drug-likeness (QED) is 0.455. The van der Waals surface area contributed by atoms with E-state index in [1.807, 2.05) is 39.1 Å². The monoisotopic (exact) mass is 399 g/mol. The maximum atomic E-state index is 10.2. The summed E-state index contributed by atoms with van der Waals surface area (Å²) >= 11 is 0. The Morgan fingerprint density at radius 3 is 2.39 bits per heavy atom. The fourth-order valence-electron chi connectivity index (χ4n) is 2.66. The predicted molar refractivity (Wildman–Crippen MR) is 109 cm³/mol. The number of methoxy groups -OCH3 is 2. The number of aliphatic hydroxyl groups is 1. The number of benzene rings is 1. The third-order valence-corrected chi connectivity index (χ3v) is 4.36. The van der Waals surface area contributed by atoms with Crippen LogP contribution in [0.25, 0.3) is 0 Å². The van der Waals surface area contributed by atoms with Crippen LogP contribution in [-0.2, 0) is 14.2 Å². The minimum absolute atomic E-state index is 0.0980. The lowest BCUT2D eigenvalue weighted by Crippen LogP contribution is -2.34. The van der Waals surface area contributed by atoms with E-state index in [2.05, 4.69) is 11.8 Å². The molecule has 0 heterocycles. The van der Waals surface area contributed by atoms with Gasteiger partial charge in [-0.25, -0.2) is 0 Å². The van der Waals surface area contributed by atoms with Crippen molar-refractivity contribution in [3.05, 3.63) is 23.8 Å². The summed E-state index contributed by atoms with van der Waals surface area (Å²) in [5, 5.41) is 10.2. The Balaban J connectivity index is 2.51. The van der Waals surface area contributed by atoms with Crippen LogP contribution in [0.5, 0.6) is 11.5 Å². The predicted octanol–water partition coefficient (Wildman–Crippen LogP) is 2.52. The Labute approximate surface area is 169 Å². The molecule has 0 aliphatic carbocycles. The molecule has 0 aromatic heterocycles. The van der Waals surface area contributed by atoms with E-state index < -0.39 is 6.10 Å². The lowest BCUT2D eigenvalue weighted by Gasteiger charge is -2.27. The van der Waals surface area contributed by atoms with E-state index in [1.54, 1.807) is 14.2 Å². The van der Waals surface area contributed by atoms with Crippen molar-refractivity contribution in [2.75, 3.05) is 60.8 Å². The Hall–Kier alpha value is -1.38. The van der Waals surface area contributed by atoms with Crippen LogP contribution in [-0.4, -0.2) is 83.1 Å². The number of aliphatic hydroxyl groups excluding tert-OH is 1. The molecule has 1 N–H and O–H groups in total. The minimum atomic E-state index is -0.565. The summed E-state index contributed by atoms with van der Waals surface area (Å²) in [5.41, 5.74) is 1.08. The summed E-state index contributed by atoms with van der Waals surface area (Å²) < 4.78 is 27.0. The van der Waals surface area contributed by atoms with Gasteiger partial charge >= 0.3 is 0 Å². The molecule has 0 unspecified atom stereocenters. The molecule has 7 heteroatoms. The molecule has 1 aromatic rings. The van der Waals surface area contributed by atoms with Gasteiger partial charge in [-0.1, -0.05) is 6.07 Å². The molecule has 7 nitrogen and oxygen atoms in total. The van der Waals surface area contributed by atoms with Gasteiger partial charge in [-0.15, -0.1) is 0 Å². The second kappa shape index (κ2) is 13.7. The zero-order valence-electron chi connectivity index (χ0n) is 18.1. The van der Waals surface area contributed by atoms with Gasteiger partial charge in [0.25, 0.3) is 0 Å². The molecule has 0 aliphatic heterocycles. The third-order valence-electron chi connectivity index (χ3n) is 4.36. The van der Waals surface area contributed by atoms with Crippen LogP contribution in [0.1, 0.15) is 32.4 Å². The molecule has 1 aromatic carbocycles. The molecule has 0 fully saturated rings. The Morgan fingerprint density at radius 1 is 1.00 bits per heavy atom. The maximum Gasteiger partial charge on any atom is 0.161 e. The first-order valence-corrected chi connectivity index (χ1v) is 9.76. The molecule has 2 atom stereocenters. The molecule has 0 spiro atoms. The van der Waals surface area contributed by atoms with Crippen LogP contribution in [0, 0.1) is 0 Å². The molecule has 28 heavy (non-hydrogen) atoms. The number of likely N-dealkylation sites (N-methyl/N-ethyl adjacent to an activating group) is 1. The zero-order valence-corrected chi connectivity index (χ0v) is 18.1. The highest BCUT2D eigenvalue weighted by atomic mass is 16.5. The Bertz CT molecular complexity index is 540. The van der Waals surface area contributed by atoms with Gasteiger partial charge in [0, 0.05) is 19.7 Å². The topological polar surface area (TPSA) is 69.6 Å². The standard InChI is InChI=1S/C21H37NO6/c1-16(2)27-12-10-26-15-19(23)14-22(4)17(3)18-7-8-20(21(13-18)25-6)28-11-9-24-5/h7-8,13,16-17,19,23H,9-12,14-15H2,1-6H3/t17-,19-/m0/s1. The SMILES string of the molecule is COCCOc1ccc([C@H](C)N(C)C[C@H](O)COCCOC(C)C)cc1OC. The zero-order chi connectivity index (χ0) is 20.9. The molecule has 0 saturated heterocycles. The van der Waals surface area contributed by atoms with Crippen LogP contribution >= 0.6 is 0 Å². The van der Waals surface area contributed by atoms with Crippen molar-refractivity contribution >= 4 is 0 Å². The highest BCUT2D eigenvalue weighted by Crippen LogP contribution is 2.31. The van der Waals surface area contributed by atoms with Crippen molar-refractivity contribution in [2.45, 2.75) is 39.0 Å². The van der Waals surface area contributed by atoms with E-state index in [0.29, 0.717) is 44.5 Å². The summed E-state index contributed by atoms with van der Waals surface area (Å²) in [6.45, 7) is 8.85. The smallest absolute Gasteiger partial charge is 0.161 e. The molecular weight excluding hydrogens is 362 g/mol. The first kappa shape index (κ1) is 24.7. The van der Waals surface area contributed by atoms with E-state index in [1.165, 1.54) is 0 Å². The van der Waals surface area contributed by atoms with E-state index >= 15 is 0 Å². The highest BCUT2D eigenvalue weighted by Gasteiger charge is 2.17. The van der Waals surface area contributed by atoms with E-state index in [9.17, 15) is 5.11 Å². The second-order valence-electron chi connectivity index (χ2n) is 7.02. The van der Waals surface area contributed by atoms with Crippen LogP contribution in [0.2, 0.25) is 0 Å². The summed E-state index contributed by atoms with van der Waals surface area (Å²) in [6.07, 6.45) is -0.376. The Kier molecular flexibility index (Phi) is 12.1. The fourth-order valence-corrected chi connectivity index (χ4v) is 2.66. The lowest BCUT2D eigenvalue weighted by molar-refractivity contribution is -0.0193. The van der Waals surface area contributed by atoms with Gasteiger partial charge in [-0.05, 0) is 45.5 Å². The molecule has 162 valence electrons. The first-order chi connectivity index (χ1) is 13.4. The number of hydrogen-bond acceptors (Lipinski definition) is 7. The summed E-state index contributed by atoms with van der Waals surface area (Å²) in [5.74, 6) is 1.37. The van der Waals surface area contributed by atoms with Crippen molar-refractivity contribution < 1.29 is 28.8 Å². The van der Waals surface area contributed by atoms with Gasteiger partial charge in [0.15, 0.2) is 11.5 Å². The second-order valence-corrected chi connectivity index (χ2v) is 7.02. The van der Waals surface area contributed by atoms with Crippen LogP contribution < -0.4 is 9.47 Å². The molecular formula is C21H37NO6. The first-order valence-electron chi connectivity index (χ1n) is 9.76. The molecule has 1 rings (SSSR count). The van der Waals surface area contributed by atoms with E-state index in [-0.39, 0.29) is 18.8 Å². The number of hydrogen-bond donors (Lipinski definition) is 1. The summed E-state index contributed by atoms with van der Waals surface area (Å²) in [7, 11) is 5.24. The van der Waals surface area contributed by atoms with E-state index in [4.69, 9.17) is 23.7 Å². The summed E-state index contributed by atoms with van der Waals surface area (Å²) in [6, 6.07) is 5.98. The van der Waals surface area contributed by atoms with Gasteiger partial charge in [-0.3, -0.25) is 4.90 Å². The van der Waals surface area contributed by atoms with Crippen molar-refractivity contribution in [3.8, 4) is 11.5 Å². The van der Waals surface area contributed by atoms with Gasteiger partial charge in [0.1, 0.15) is 6.61 Å². The Morgan fingerprint density at radius 2 is 1.75 bits per heavy atom. The molecule has 0 aliphatic rings. The van der Waals surface area contributed by atoms with Gasteiger partial charge in [-0.2, -0.15) is 0 Å². The largest absolute Gasteiger partial charge is 0.493 e. The minimum Gasteiger partial charge on any atom is -0.493 e. The molecule has 0 bridgehead atoms. The third kappa shape index (κ3) is 9.21. The van der Waals surface area contributed by atoms with E-state index in [0.717, 1.165) is 5.56 Å². The van der Waals surface area contributed by atoms with Crippen LogP contribution in [0.4, 0.5) is 0 Å². The fraction of sp³-hybridized carbons (Fsp3) is 0.714. The van der Waals surface area contributed by atoms with Gasteiger partial charge in [0.05, 0.1) is 45.7 Å². The van der Waals surface area contributed by atoms with Crippen LogP contribution in [0.15, 0.2) is 18.2 Å².